The largest absolute Gasteiger partial charge is 0.445 e. The van der Waals surface area contributed by atoms with Crippen LogP contribution in [0.15, 0.2) is 30.3 Å². The highest BCUT2D eigenvalue weighted by Gasteiger charge is 2.23. The van der Waals surface area contributed by atoms with Gasteiger partial charge in [0.05, 0.1) is 12.6 Å². The van der Waals surface area contributed by atoms with Crippen molar-refractivity contribution >= 4 is 24.2 Å². The molecule has 0 saturated carbocycles. The molecule has 0 aliphatic heterocycles. The fourth-order valence-corrected chi connectivity index (χ4v) is 2.39. The Morgan fingerprint density at radius 1 is 0.939 bits per heavy atom. The summed E-state index contributed by atoms with van der Waals surface area (Å²) in [7, 11) is 0. The van der Waals surface area contributed by atoms with Gasteiger partial charge in [-0.3, -0.25) is 9.59 Å². The number of hydrogen-bond donors (Lipinski definition) is 3. The summed E-state index contributed by atoms with van der Waals surface area (Å²) in [4.78, 5) is 47.0. The number of ether oxygens (including phenoxy) is 1. The van der Waals surface area contributed by atoms with Crippen molar-refractivity contribution in [2.45, 2.75) is 79.5 Å². The number of amides is 3. The highest BCUT2D eigenvalue weighted by Crippen LogP contribution is 2.06. The Kier molecular flexibility index (Phi) is 16.1. The summed E-state index contributed by atoms with van der Waals surface area (Å²) in [5.41, 5.74) is 0.833. The van der Waals surface area contributed by atoms with Gasteiger partial charge < -0.3 is 25.5 Å². The fourth-order valence-electron chi connectivity index (χ4n) is 2.39. The van der Waals surface area contributed by atoms with Gasteiger partial charge in [-0.05, 0) is 30.2 Å². The maximum Gasteiger partial charge on any atom is 0.408 e. The molecule has 8 heteroatoms. The van der Waals surface area contributed by atoms with Crippen molar-refractivity contribution in [3.05, 3.63) is 35.9 Å². The van der Waals surface area contributed by atoms with Gasteiger partial charge in [-0.2, -0.15) is 0 Å². The molecule has 1 aromatic rings. The molecule has 0 heterocycles. The van der Waals surface area contributed by atoms with E-state index in [1.807, 2.05) is 44.2 Å². The van der Waals surface area contributed by atoms with Crippen molar-refractivity contribution < 1.29 is 23.9 Å². The van der Waals surface area contributed by atoms with Crippen molar-refractivity contribution in [2.75, 3.05) is 6.54 Å². The van der Waals surface area contributed by atoms with Crippen LogP contribution in [0.5, 0.6) is 0 Å². The molecule has 3 amide bonds. The fraction of sp³-hybridized carbons (Fsp3) is 0.600. The Morgan fingerprint density at radius 2 is 1.55 bits per heavy atom. The molecule has 0 aliphatic carbocycles. The maximum atomic E-state index is 12.4. The van der Waals surface area contributed by atoms with Crippen molar-refractivity contribution in [1.82, 2.24) is 16.0 Å². The Hall–Kier alpha value is -2.90. The molecule has 0 radical (unpaired) electrons. The minimum Gasteiger partial charge on any atom is -0.445 e. The van der Waals surface area contributed by atoms with E-state index < -0.39 is 30.0 Å². The van der Waals surface area contributed by atoms with Gasteiger partial charge in [-0.1, -0.05) is 78.3 Å². The Bertz CT molecular complexity index is 707. The second kappa shape index (κ2) is 17.6. The molecule has 0 aliphatic rings. The summed E-state index contributed by atoms with van der Waals surface area (Å²) in [6.07, 6.45) is 2.10. The average Bonchev–Trinajstić information content (AvgIpc) is 2.79. The van der Waals surface area contributed by atoms with Gasteiger partial charge in [0.1, 0.15) is 18.9 Å². The van der Waals surface area contributed by atoms with E-state index in [1.165, 1.54) is 6.42 Å². The normalized spacial score (nSPS) is 12.1. The minimum absolute atomic E-state index is 0.0925. The standard InChI is InChI=1S/C20H29N3O5.C5H12/c1-4-16(12-24)22-18(25)11-21-19(26)17(10-14(2)3)23-20(27)28-13-15-8-6-5-7-9-15;1-4-5(2)3/h5-9,12,14,16-17H,4,10-11,13H2,1-3H3,(H,21,26)(H,22,25)(H,23,27);5H,4H2,1-3H3/t16-,17?;/m0./s1. The summed E-state index contributed by atoms with van der Waals surface area (Å²) in [6.45, 7) is 12.1. The molecular formula is C25H41N3O5. The van der Waals surface area contributed by atoms with Crippen LogP contribution in [0, 0.1) is 11.8 Å². The lowest BCUT2D eigenvalue weighted by Gasteiger charge is -2.20. The van der Waals surface area contributed by atoms with E-state index >= 15 is 0 Å². The first-order valence-corrected chi connectivity index (χ1v) is 11.6. The first-order valence-electron chi connectivity index (χ1n) is 11.6. The quantitative estimate of drug-likeness (QED) is 0.410. The Balaban J connectivity index is 0.00000184. The zero-order valence-electron chi connectivity index (χ0n) is 20.9. The zero-order valence-corrected chi connectivity index (χ0v) is 20.9. The highest BCUT2D eigenvalue weighted by molar-refractivity contribution is 5.90. The van der Waals surface area contributed by atoms with Gasteiger partial charge >= 0.3 is 6.09 Å². The van der Waals surface area contributed by atoms with Crippen LogP contribution in [0.2, 0.25) is 0 Å². The first kappa shape index (κ1) is 30.1. The molecular weight excluding hydrogens is 422 g/mol. The van der Waals surface area contributed by atoms with Crippen LogP contribution in [0.4, 0.5) is 4.79 Å². The summed E-state index contributed by atoms with van der Waals surface area (Å²) < 4.78 is 5.15. The zero-order chi connectivity index (χ0) is 25.2. The van der Waals surface area contributed by atoms with Crippen molar-refractivity contribution in [1.29, 1.82) is 0 Å². The number of alkyl carbamates (subject to hydrolysis) is 1. The van der Waals surface area contributed by atoms with Gasteiger partial charge in [0.25, 0.3) is 0 Å². The van der Waals surface area contributed by atoms with Gasteiger partial charge in [-0.15, -0.1) is 0 Å². The SMILES string of the molecule is CCC(C)C.CC[C@@H](C=O)NC(=O)CNC(=O)C(CC(C)C)NC(=O)OCc1ccccc1. The minimum atomic E-state index is -0.830. The van der Waals surface area contributed by atoms with Crippen LogP contribution in [-0.2, 0) is 25.7 Å². The first-order chi connectivity index (χ1) is 15.6. The van der Waals surface area contributed by atoms with Crippen molar-refractivity contribution in [2.24, 2.45) is 11.8 Å². The van der Waals surface area contributed by atoms with E-state index in [2.05, 4.69) is 36.7 Å². The van der Waals surface area contributed by atoms with Gasteiger partial charge in [0.15, 0.2) is 0 Å². The molecule has 0 saturated heterocycles. The molecule has 8 nitrogen and oxygen atoms in total. The molecule has 1 rings (SSSR count). The van der Waals surface area contributed by atoms with E-state index in [-0.39, 0.29) is 19.1 Å². The molecule has 0 aromatic heterocycles. The van der Waals surface area contributed by atoms with Gasteiger partial charge in [0.2, 0.25) is 11.8 Å². The van der Waals surface area contributed by atoms with E-state index in [0.29, 0.717) is 19.1 Å². The molecule has 0 bridgehead atoms. The van der Waals surface area contributed by atoms with Crippen LogP contribution in [-0.4, -0.2) is 42.8 Å². The number of aldehydes is 1. The lowest BCUT2D eigenvalue weighted by Crippen LogP contribution is -2.50. The van der Waals surface area contributed by atoms with Crippen molar-refractivity contribution in [3.63, 3.8) is 0 Å². The van der Waals surface area contributed by atoms with E-state index in [0.717, 1.165) is 11.5 Å². The van der Waals surface area contributed by atoms with E-state index in [4.69, 9.17) is 4.74 Å². The molecule has 1 aromatic carbocycles. The molecule has 186 valence electrons. The predicted octanol–water partition coefficient (Wildman–Crippen LogP) is 3.59. The van der Waals surface area contributed by atoms with Crippen LogP contribution in [0.1, 0.15) is 66.4 Å². The summed E-state index contributed by atoms with van der Waals surface area (Å²) in [5.74, 6) is 0.0652. The van der Waals surface area contributed by atoms with E-state index in [1.54, 1.807) is 6.92 Å². The third-order valence-corrected chi connectivity index (χ3v) is 4.72. The monoisotopic (exact) mass is 463 g/mol. The number of rotatable bonds is 12. The number of carbonyl (C=O) groups excluding carboxylic acids is 4. The maximum absolute atomic E-state index is 12.4. The van der Waals surface area contributed by atoms with Gasteiger partial charge in [0, 0.05) is 0 Å². The van der Waals surface area contributed by atoms with Crippen LogP contribution >= 0.6 is 0 Å². The summed E-state index contributed by atoms with van der Waals surface area (Å²) in [5, 5.41) is 7.52. The molecule has 0 fully saturated rings. The predicted molar refractivity (Wildman–Crippen MR) is 129 cm³/mol. The lowest BCUT2D eigenvalue weighted by molar-refractivity contribution is -0.128. The van der Waals surface area contributed by atoms with Crippen LogP contribution in [0.3, 0.4) is 0 Å². The van der Waals surface area contributed by atoms with Crippen LogP contribution < -0.4 is 16.0 Å². The Morgan fingerprint density at radius 3 is 2.03 bits per heavy atom. The molecule has 33 heavy (non-hydrogen) atoms. The smallest absolute Gasteiger partial charge is 0.408 e. The molecule has 0 spiro atoms. The summed E-state index contributed by atoms with van der Waals surface area (Å²) in [6, 6.07) is 7.78. The van der Waals surface area contributed by atoms with E-state index in [9.17, 15) is 19.2 Å². The molecule has 1 unspecified atom stereocenters. The highest BCUT2D eigenvalue weighted by atomic mass is 16.5. The Labute approximate surface area is 198 Å². The number of carbonyl (C=O) groups is 4. The van der Waals surface area contributed by atoms with Crippen LogP contribution in [0.25, 0.3) is 0 Å². The summed E-state index contributed by atoms with van der Waals surface area (Å²) >= 11 is 0. The second-order valence-electron chi connectivity index (χ2n) is 8.63. The topological polar surface area (TPSA) is 114 Å². The third kappa shape index (κ3) is 15.5. The molecule has 2 atom stereocenters. The van der Waals surface area contributed by atoms with Gasteiger partial charge in [-0.25, -0.2) is 4.79 Å². The average molecular weight is 464 g/mol. The lowest BCUT2D eigenvalue weighted by atomic mass is 10.0. The third-order valence-electron chi connectivity index (χ3n) is 4.72. The van der Waals surface area contributed by atoms with Crippen molar-refractivity contribution in [3.8, 4) is 0 Å². The molecule has 3 N–H and O–H groups in total. The number of nitrogens with one attached hydrogen (secondary N) is 3. The second-order valence-corrected chi connectivity index (χ2v) is 8.63. The number of hydrogen-bond acceptors (Lipinski definition) is 5. The number of benzene rings is 1.